The molecular formula is C14H23NO2. The highest BCUT2D eigenvalue weighted by molar-refractivity contribution is 5.42. The summed E-state index contributed by atoms with van der Waals surface area (Å²) in [6.45, 7) is 3.47. The second-order valence-electron chi connectivity index (χ2n) is 4.10. The average Bonchev–Trinajstić information content (AvgIpc) is 2.38. The highest BCUT2D eigenvalue weighted by Crippen LogP contribution is 2.28. The van der Waals surface area contributed by atoms with Crippen LogP contribution in [0.4, 0.5) is 0 Å². The lowest BCUT2D eigenvalue weighted by atomic mass is 10.2. The molecular weight excluding hydrogens is 214 g/mol. The topological polar surface area (TPSA) is 44.5 Å². The standard InChI is InChI=1S/C14H23NO2/c1-3-4-5-6-9-17-13-8-7-12(11-15)10-14(13)16-2/h7-8,10H,3-6,9,11,15H2,1-2H3. The van der Waals surface area contributed by atoms with Crippen LogP contribution in [0.25, 0.3) is 0 Å². The monoisotopic (exact) mass is 237 g/mol. The second-order valence-corrected chi connectivity index (χ2v) is 4.10. The zero-order chi connectivity index (χ0) is 12.5. The number of ether oxygens (including phenoxy) is 2. The van der Waals surface area contributed by atoms with Crippen molar-refractivity contribution in [2.24, 2.45) is 5.73 Å². The summed E-state index contributed by atoms with van der Waals surface area (Å²) in [5.41, 5.74) is 6.64. The lowest BCUT2D eigenvalue weighted by Crippen LogP contribution is -2.01. The molecule has 0 unspecified atom stereocenters. The van der Waals surface area contributed by atoms with Crippen molar-refractivity contribution >= 4 is 0 Å². The van der Waals surface area contributed by atoms with Crippen molar-refractivity contribution in [3.8, 4) is 11.5 Å². The van der Waals surface area contributed by atoms with Gasteiger partial charge in [0.05, 0.1) is 13.7 Å². The molecule has 0 heterocycles. The molecule has 17 heavy (non-hydrogen) atoms. The highest BCUT2D eigenvalue weighted by atomic mass is 16.5. The molecule has 3 nitrogen and oxygen atoms in total. The van der Waals surface area contributed by atoms with Crippen LogP contribution in [0.3, 0.4) is 0 Å². The van der Waals surface area contributed by atoms with E-state index in [1.807, 2.05) is 18.2 Å². The third-order valence-corrected chi connectivity index (χ3v) is 2.72. The summed E-state index contributed by atoms with van der Waals surface area (Å²) in [4.78, 5) is 0. The lowest BCUT2D eigenvalue weighted by Gasteiger charge is -2.11. The number of nitrogens with two attached hydrogens (primary N) is 1. The first kappa shape index (κ1) is 13.8. The smallest absolute Gasteiger partial charge is 0.161 e. The molecule has 0 saturated carbocycles. The Balaban J connectivity index is 2.46. The predicted octanol–water partition coefficient (Wildman–Crippen LogP) is 3.11. The van der Waals surface area contributed by atoms with Crippen LogP contribution < -0.4 is 15.2 Å². The van der Waals surface area contributed by atoms with Crippen molar-refractivity contribution in [1.29, 1.82) is 0 Å². The first-order valence-corrected chi connectivity index (χ1v) is 6.31. The Morgan fingerprint density at radius 3 is 2.59 bits per heavy atom. The molecule has 0 spiro atoms. The molecule has 1 rings (SSSR count). The molecule has 0 aromatic heterocycles. The van der Waals surface area contributed by atoms with Crippen LogP contribution in [0.5, 0.6) is 11.5 Å². The van der Waals surface area contributed by atoms with Crippen molar-refractivity contribution < 1.29 is 9.47 Å². The Bertz CT molecular complexity index is 326. The van der Waals surface area contributed by atoms with Crippen LogP contribution >= 0.6 is 0 Å². The van der Waals surface area contributed by atoms with Crippen molar-refractivity contribution in [3.05, 3.63) is 23.8 Å². The van der Waals surface area contributed by atoms with Gasteiger partial charge in [0, 0.05) is 6.54 Å². The maximum absolute atomic E-state index is 5.71. The van der Waals surface area contributed by atoms with Crippen molar-refractivity contribution in [1.82, 2.24) is 0 Å². The Hall–Kier alpha value is -1.22. The molecule has 0 atom stereocenters. The van der Waals surface area contributed by atoms with E-state index in [1.54, 1.807) is 7.11 Å². The van der Waals surface area contributed by atoms with Crippen LogP contribution in [0.2, 0.25) is 0 Å². The van der Waals surface area contributed by atoms with Gasteiger partial charge >= 0.3 is 0 Å². The molecule has 0 aliphatic carbocycles. The highest BCUT2D eigenvalue weighted by Gasteiger charge is 2.04. The molecule has 0 fully saturated rings. The number of methoxy groups -OCH3 is 1. The van der Waals surface area contributed by atoms with Crippen LogP contribution in [0, 0.1) is 0 Å². The third-order valence-electron chi connectivity index (χ3n) is 2.72. The average molecular weight is 237 g/mol. The molecule has 0 bridgehead atoms. The fourth-order valence-electron chi connectivity index (χ4n) is 1.67. The number of hydrogen-bond donors (Lipinski definition) is 1. The number of rotatable bonds is 8. The van der Waals surface area contributed by atoms with Gasteiger partial charge < -0.3 is 15.2 Å². The Labute approximate surface area is 104 Å². The van der Waals surface area contributed by atoms with Gasteiger partial charge in [-0.1, -0.05) is 32.3 Å². The fraction of sp³-hybridized carbons (Fsp3) is 0.571. The normalized spacial score (nSPS) is 10.3. The predicted molar refractivity (Wildman–Crippen MR) is 70.5 cm³/mol. The lowest BCUT2D eigenvalue weighted by molar-refractivity contribution is 0.285. The third kappa shape index (κ3) is 4.65. The second kappa shape index (κ2) is 7.96. The Kier molecular flexibility index (Phi) is 6.48. The maximum atomic E-state index is 5.71. The molecule has 1 aromatic carbocycles. The van der Waals surface area contributed by atoms with E-state index >= 15 is 0 Å². The van der Waals surface area contributed by atoms with Crippen LogP contribution in [0.15, 0.2) is 18.2 Å². The van der Waals surface area contributed by atoms with E-state index < -0.39 is 0 Å². The van der Waals surface area contributed by atoms with Crippen molar-refractivity contribution in [2.75, 3.05) is 13.7 Å². The quantitative estimate of drug-likeness (QED) is 0.706. The number of unbranched alkanes of at least 4 members (excludes halogenated alkanes) is 3. The van der Waals surface area contributed by atoms with Gasteiger partial charge in [-0.15, -0.1) is 0 Å². The van der Waals surface area contributed by atoms with Gasteiger partial charge in [0.15, 0.2) is 11.5 Å². The first-order chi connectivity index (χ1) is 8.31. The molecule has 0 aliphatic rings. The number of hydrogen-bond acceptors (Lipinski definition) is 3. The van der Waals surface area contributed by atoms with E-state index in [9.17, 15) is 0 Å². The van der Waals surface area contributed by atoms with E-state index in [0.717, 1.165) is 30.1 Å². The summed E-state index contributed by atoms with van der Waals surface area (Å²) in [5.74, 6) is 1.57. The molecule has 3 heteroatoms. The van der Waals surface area contributed by atoms with E-state index in [2.05, 4.69) is 6.92 Å². The summed E-state index contributed by atoms with van der Waals surface area (Å²) in [6.07, 6.45) is 4.83. The van der Waals surface area contributed by atoms with Crippen LogP contribution in [-0.4, -0.2) is 13.7 Å². The maximum Gasteiger partial charge on any atom is 0.161 e. The van der Waals surface area contributed by atoms with E-state index in [-0.39, 0.29) is 0 Å². The minimum Gasteiger partial charge on any atom is -0.493 e. The summed E-state index contributed by atoms with van der Waals surface area (Å²) in [6, 6.07) is 5.84. The molecule has 96 valence electrons. The van der Waals surface area contributed by atoms with Gasteiger partial charge in [0.2, 0.25) is 0 Å². The Morgan fingerprint density at radius 1 is 1.12 bits per heavy atom. The summed E-state index contributed by atoms with van der Waals surface area (Å²) >= 11 is 0. The fourth-order valence-corrected chi connectivity index (χ4v) is 1.67. The van der Waals surface area contributed by atoms with Gasteiger partial charge in [-0.2, -0.15) is 0 Å². The van der Waals surface area contributed by atoms with Gasteiger partial charge in [0.1, 0.15) is 0 Å². The van der Waals surface area contributed by atoms with Crippen molar-refractivity contribution in [3.63, 3.8) is 0 Å². The van der Waals surface area contributed by atoms with Gasteiger partial charge in [-0.05, 0) is 24.1 Å². The van der Waals surface area contributed by atoms with Crippen molar-refractivity contribution in [2.45, 2.75) is 39.2 Å². The van der Waals surface area contributed by atoms with Gasteiger partial charge in [0.25, 0.3) is 0 Å². The Morgan fingerprint density at radius 2 is 1.94 bits per heavy atom. The summed E-state index contributed by atoms with van der Waals surface area (Å²) in [7, 11) is 1.65. The van der Waals surface area contributed by atoms with Crippen LogP contribution in [-0.2, 0) is 6.54 Å². The minimum absolute atomic E-state index is 0.521. The summed E-state index contributed by atoms with van der Waals surface area (Å²) in [5, 5.41) is 0. The SMILES string of the molecule is CCCCCCOc1ccc(CN)cc1OC. The molecule has 0 saturated heterocycles. The largest absolute Gasteiger partial charge is 0.493 e. The molecule has 1 aromatic rings. The zero-order valence-corrected chi connectivity index (χ0v) is 10.9. The number of benzene rings is 1. The zero-order valence-electron chi connectivity index (χ0n) is 10.9. The molecule has 0 amide bonds. The van der Waals surface area contributed by atoms with E-state index in [0.29, 0.717) is 6.54 Å². The van der Waals surface area contributed by atoms with Gasteiger partial charge in [-0.3, -0.25) is 0 Å². The van der Waals surface area contributed by atoms with Gasteiger partial charge in [-0.25, -0.2) is 0 Å². The summed E-state index contributed by atoms with van der Waals surface area (Å²) < 4.78 is 11.0. The van der Waals surface area contributed by atoms with E-state index in [1.165, 1.54) is 19.3 Å². The minimum atomic E-state index is 0.521. The molecule has 2 N–H and O–H groups in total. The first-order valence-electron chi connectivity index (χ1n) is 6.31. The molecule has 0 aliphatic heterocycles. The van der Waals surface area contributed by atoms with E-state index in [4.69, 9.17) is 15.2 Å². The van der Waals surface area contributed by atoms with Crippen LogP contribution in [0.1, 0.15) is 38.2 Å². The molecule has 0 radical (unpaired) electrons.